The second-order valence-corrected chi connectivity index (χ2v) is 5.13. The Labute approximate surface area is 121 Å². The first-order valence-electron chi connectivity index (χ1n) is 6.40. The van der Waals surface area contributed by atoms with Gasteiger partial charge in [-0.15, -0.1) is 0 Å². The zero-order valence-electron chi connectivity index (χ0n) is 10.9. The number of amides is 1. The third-order valence-electron chi connectivity index (χ3n) is 2.91. The minimum atomic E-state index is 0.0800. The lowest BCUT2D eigenvalue weighted by atomic mass is 10.1. The highest BCUT2D eigenvalue weighted by atomic mass is 79.9. The molecule has 4 heteroatoms. The first-order chi connectivity index (χ1) is 9.22. The maximum Gasteiger partial charge on any atom is 0.221 e. The fourth-order valence-electron chi connectivity index (χ4n) is 2.01. The van der Waals surface area contributed by atoms with Gasteiger partial charge < -0.3 is 10.6 Å². The molecule has 0 atom stereocenters. The molecule has 0 fully saturated rings. The van der Waals surface area contributed by atoms with Gasteiger partial charge in [-0.1, -0.05) is 40.2 Å². The topological polar surface area (TPSA) is 41.1 Å². The van der Waals surface area contributed by atoms with Crippen molar-refractivity contribution >= 4 is 38.3 Å². The number of hydrogen-bond donors (Lipinski definition) is 2. The van der Waals surface area contributed by atoms with Crippen molar-refractivity contribution in [2.24, 2.45) is 0 Å². The predicted octanol–water partition coefficient (Wildman–Crippen LogP) is 3.54. The van der Waals surface area contributed by atoms with Crippen molar-refractivity contribution in [1.29, 1.82) is 0 Å². The largest absolute Gasteiger partial charge is 0.384 e. The van der Waals surface area contributed by atoms with E-state index in [4.69, 9.17) is 0 Å². The lowest BCUT2D eigenvalue weighted by molar-refractivity contribution is -0.120. The average Bonchev–Trinajstić information content (AvgIpc) is 2.42. The van der Waals surface area contributed by atoms with E-state index in [1.165, 1.54) is 5.39 Å². The number of halogens is 1. The van der Waals surface area contributed by atoms with Crippen LogP contribution in [-0.4, -0.2) is 19.0 Å². The lowest BCUT2D eigenvalue weighted by Crippen LogP contribution is -2.24. The Morgan fingerprint density at radius 3 is 2.63 bits per heavy atom. The number of hydrogen-bond acceptors (Lipinski definition) is 2. The first kappa shape index (κ1) is 13.9. The Morgan fingerprint density at radius 1 is 1.16 bits per heavy atom. The van der Waals surface area contributed by atoms with Gasteiger partial charge in [-0.05, 0) is 24.4 Å². The second kappa shape index (κ2) is 6.57. The number of carbonyl (C=O) groups excluding carboxylic acids is 1. The molecule has 0 aliphatic rings. The molecule has 19 heavy (non-hydrogen) atoms. The summed E-state index contributed by atoms with van der Waals surface area (Å²) in [6, 6.07) is 12.2. The molecular formula is C15H17BrN2O. The first-order valence-corrected chi connectivity index (χ1v) is 7.19. The zero-order valence-corrected chi connectivity index (χ0v) is 12.5. The van der Waals surface area contributed by atoms with E-state index in [0.29, 0.717) is 19.5 Å². The number of fused-ring (bicyclic) bond motifs is 1. The Bertz CT molecular complexity index is 583. The number of anilines is 1. The molecule has 0 heterocycles. The lowest BCUT2D eigenvalue weighted by Gasteiger charge is -2.10. The summed E-state index contributed by atoms with van der Waals surface area (Å²) in [5.74, 6) is 0.0800. The highest BCUT2D eigenvalue weighted by Crippen LogP contribution is 2.29. The van der Waals surface area contributed by atoms with E-state index in [9.17, 15) is 4.79 Å². The van der Waals surface area contributed by atoms with Gasteiger partial charge in [0.25, 0.3) is 0 Å². The molecule has 0 radical (unpaired) electrons. The Kier molecular flexibility index (Phi) is 4.80. The zero-order chi connectivity index (χ0) is 13.7. The van der Waals surface area contributed by atoms with E-state index >= 15 is 0 Å². The summed E-state index contributed by atoms with van der Waals surface area (Å²) in [4.78, 5) is 11.4. The molecule has 0 aliphatic carbocycles. The van der Waals surface area contributed by atoms with Crippen LogP contribution in [0, 0.1) is 0 Å². The summed E-state index contributed by atoms with van der Waals surface area (Å²) in [5, 5.41) is 8.45. The highest BCUT2D eigenvalue weighted by Gasteiger charge is 2.04. The van der Waals surface area contributed by atoms with Gasteiger partial charge in [0.05, 0.1) is 0 Å². The van der Waals surface area contributed by atoms with Crippen LogP contribution in [0.15, 0.2) is 40.9 Å². The quantitative estimate of drug-likeness (QED) is 0.884. The summed E-state index contributed by atoms with van der Waals surface area (Å²) >= 11 is 3.55. The van der Waals surface area contributed by atoms with Crippen molar-refractivity contribution in [3.63, 3.8) is 0 Å². The molecule has 2 aromatic carbocycles. The summed E-state index contributed by atoms with van der Waals surface area (Å²) in [5.41, 5.74) is 1.06. The molecule has 2 N–H and O–H groups in total. The van der Waals surface area contributed by atoms with Gasteiger partial charge in [0.1, 0.15) is 0 Å². The summed E-state index contributed by atoms with van der Waals surface area (Å²) in [7, 11) is 0. The minimum absolute atomic E-state index is 0.0800. The van der Waals surface area contributed by atoms with Crippen molar-refractivity contribution in [3.8, 4) is 0 Å². The van der Waals surface area contributed by atoms with Gasteiger partial charge in [0.15, 0.2) is 0 Å². The average molecular weight is 321 g/mol. The van der Waals surface area contributed by atoms with Crippen LogP contribution in [0.5, 0.6) is 0 Å². The van der Waals surface area contributed by atoms with Gasteiger partial charge in [-0.25, -0.2) is 0 Å². The molecule has 3 nitrogen and oxygen atoms in total. The number of nitrogens with one attached hydrogen (secondary N) is 2. The Balaban J connectivity index is 2.09. The van der Waals surface area contributed by atoms with Crippen LogP contribution >= 0.6 is 15.9 Å². The summed E-state index contributed by atoms with van der Waals surface area (Å²) in [6.45, 7) is 3.24. The van der Waals surface area contributed by atoms with Gasteiger partial charge in [0, 0.05) is 35.1 Å². The van der Waals surface area contributed by atoms with E-state index in [0.717, 1.165) is 15.5 Å². The number of benzene rings is 2. The summed E-state index contributed by atoms with van der Waals surface area (Å²) < 4.78 is 1.08. The molecule has 0 unspecified atom stereocenters. The molecule has 0 aliphatic heterocycles. The normalized spacial score (nSPS) is 10.4. The second-order valence-electron chi connectivity index (χ2n) is 4.27. The van der Waals surface area contributed by atoms with Crippen molar-refractivity contribution in [2.75, 3.05) is 18.4 Å². The van der Waals surface area contributed by atoms with Crippen molar-refractivity contribution in [3.05, 3.63) is 40.9 Å². The smallest absolute Gasteiger partial charge is 0.221 e. The van der Waals surface area contributed by atoms with Crippen LogP contribution in [0.2, 0.25) is 0 Å². The van der Waals surface area contributed by atoms with Crippen molar-refractivity contribution in [2.45, 2.75) is 13.3 Å². The third kappa shape index (κ3) is 3.47. The molecule has 0 saturated carbocycles. The molecule has 2 aromatic rings. The van der Waals surface area contributed by atoms with Crippen molar-refractivity contribution < 1.29 is 4.79 Å². The van der Waals surface area contributed by atoms with E-state index in [1.54, 1.807) is 0 Å². The predicted molar refractivity (Wildman–Crippen MR) is 83.4 cm³/mol. The molecule has 0 spiro atoms. The van der Waals surface area contributed by atoms with Gasteiger partial charge in [-0.3, -0.25) is 4.79 Å². The summed E-state index contributed by atoms with van der Waals surface area (Å²) in [6.07, 6.45) is 0.484. The monoisotopic (exact) mass is 320 g/mol. The van der Waals surface area contributed by atoms with Crippen molar-refractivity contribution in [1.82, 2.24) is 5.32 Å². The number of carbonyl (C=O) groups is 1. The van der Waals surface area contributed by atoms with Crippen LogP contribution in [-0.2, 0) is 4.79 Å². The highest BCUT2D eigenvalue weighted by molar-refractivity contribution is 9.10. The van der Waals surface area contributed by atoms with E-state index in [-0.39, 0.29) is 5.91 Å². The molecule has 0 aromatic heterocycles. The molecule has 0 saturated heterocycles. The molecule has 1 amide bonds. The SMILES string of the molecule is CCNC(=O)CCNc1ccc(Br)c2ccccc12. The van der Waals surface area contributed by atoms with Crippen LogP contribution in [0.1, 0.15) is 13.3 Å². The Hall–Kier alpha value is -1.55. The Morgan fingerprint density at radius 2 is 1.89 bits per heavy atom. The van der Waals surface area contributed by atoms with Crippen LogP contribution in [0.3, 0.4) is 0 Å². The molecule has 0 bridgehead atoms. The van der Waals surface area contributed by atoms with E-state index in [2.05, 4.69) is 38.7 Å². The fraction of sp³-hybridized carbons (Fsp3) is 0.267. The maximum atomic E-state index is 11.4. The maximum absolute atomic E-state index is 11.4. The minimum Gasteiger partial charge on any atom is -0.384 e. The van der Waals surface area contributed by atoms with Crippen LogP contribution in [0.25, 0.3) is 10.8 Å². The van der Waals surface area contributed by atoms with Crippen LogP contribution < -0.4 is 10.6 Å². The van der Waals surface area contributed by atoms with Gasteiger partial charge >= 0.3 is 0 Å². The number of rotatable bonds is 5. The fourth-order valence-corrected chi connectivity index (χ4v) is 2.49. The molecular weight excluding hydrogens is 304 g/mol. The third-order valence-corrected chi connectivity index (χ3v) is 3.60. The standard InChI is InChI=1S/C15H17BrN2O/c1-2-17-15(19)9-10-18-14-8-7-13(16)11-5-3-4-6-12(11)14/h3-8,18H,2,9-10H2,1H3,(H,17,19). The van der Waals surface area contributed by atoms with Crippen LogP contribution in [0.4, 0.5) is 5.69 Å². The van der Waals surface area contributed by atoms with E-state index in [1.807, 2.05) is 31.2 Å². The van der Waals surface area contributed by atoms with Gasteiger partial charge in [0.2, 0.25) is 5.91 Å². The van der Waals surface area contributed by atoms with Gasteiger partial charge in [-0.2, -0.15) is 0 Å². The molecule has 2 rings (SSSR count). The van der Waals surface area contributed by atoms with E-state index < -0.39 is 0 Å². The molecule has 100 valence electrons.